The van der Waals surface area contributed by atoms with E-state index in [9.17, 15) is 15.2 Å². The number of carbonyl (C=O) groups is 1. The van der Waals surface area contributed by atoms with E-state index in [0.717, 1.165) is 19.3 Å². The Hall–Kier alpha value is -1.75. The molecule has 0 aliphatic carbocycles. The molecule has 1 aromatic rings. The summed E-state index contributed by atoms with van der Waals surface area (Å²) in [4.78, 5) is 14.1. The number of piperidine rings is 1. The molecule has 6 heteroatoms. The van der Waals surface area contributed by atoms with Crippen LogP contribution in [-0.4, -0.2) is 36.1 Å². The highest BCUT2D eigenvalue weighted by Gasteiger charge is 2.20. The average Bonchev–Trinajstić information content (AvgIpc) is 2.55. The SMILES string of the molecule is COc1cc(/C=C(/C#N)C(=O)N2CCCCC2)cc(I)c1O. The molecule has 22 heavy (non-hydrogen) atoms. The number of phenolic OH excluding ortho intramolecular Hbond substituents is 1. The van der Waals surface area contributed by atoms with Gasteiger partial charge >= 0.3 is 0 Å². The van der Waals surface area contributed by atoms with Crippen molar-refractivity contribution in [2.45, 2.75) is 19.3 Å². The second-order valence-electron chi connectivity index (χ2n) is 5.08. The fourth-order valence-corrected chi connectivity index (χ4v) is 3.03. The molecule has 0 radical (unpaired) electrons. The normalized spacial score (nSPS) is 15.3. The van der Waals surface area contributed by atoms with Crippen molar-refractivity contribution in [3.05, 3.63) is 26.8 Å². The van der Waals surface area contributed by atoms with Crippen LogP contribution >= 0.6 is 22.6 Å². The second-order valence-corrected chi connectivity index (χ2v) is 6.24. The molecule has 1 aliphatic heterocycles. The lowest BCUT2D eigenvalue weighted by molar-refractivity contribution is -0.127. The highest BCUT2D eigenvalue weighted by molar-refractivity contribution is 14.1. The fraction of sp³-hybridized carbons (Fsp3) is 0.375. The van der Waals surface area contributed by atoms with Crippen LogP contribution in [0.15, 0.2) is 17.7 Å². The monoisotopic (exact) mass is 412 g/mol. The highest BCUT2D eigenvalue weighted by atomic mass is 127. The van der Waals surface area contributed by atoms with Crippen molar-refractivity contribution in [2.75, 3.05) is 20.2 Å². The lowest BCUT2D eigenvalue weighted by atomic mass is 10.1. The lowest BCUT2D eigenvalue weighted by Gasteiger charge is -2.26. The molecule has 1 aromatic carbocycles. The Labute approximate surface area is 143 Å². The number of carbonyl (C=O) groups excluding carboxylic acids is 1. The van der Waals surface area contributed by atoms with Crippen molar-refractivity contribution < 1.29 is 14.6 Å². The standard InChI is InChI=1S/C16H17IN2O3/c1-22-14-9-11(8-13(17)15(14)20)7-12(10-18)16(21)19-5-3-2-4-6-19/h7-9,20H,2-6H2,1H3/b12-7-. The smallest absolute Gasteiger partial charge is 0.264 e. The number of aromatic hydroxyl groups is 1. The molecule has 1 saturated heterocycles. The predicted molar refractivity (Wildman–Crippen MR) is 91.4 cm³/mol. The lowest BCUT2D eigenvalue weighted by Crippen LogP contribution is -2.36. The first kappa shape index (κ1) is 16.6. The molecule has 1 amide bonds. The molecule has 0 atom stereocenters. The summed E-state index contributed by atoms with van der Waals surface area (Å²) in [5.74, 6) is 0.145. The molecule has 0 spiro atoms. The van der Waals surface area contributed by atoms with Crippen molar-refractivity contribution in [3.63, 3.8) is 0 Å². The van der Waals surface area contributed by atoms with Crippen molar-refractivity contribution in [1.29, 1.82) is 5.26 Å². The number of nitrogens with zero attached hydrogens (tertiary/aromatic N) is 2. The maximum absolute atomic E-state index is 12.4. The Balaban J connectivity index is 2.30. The molecule has 1 aliphatic rings. The molecular formula is C16H17IN2O3. The van der Waals surface area contributed by atoms with Crippen molar-refractivity contribution in [2.24, 2.45) is 0 Å². The van der Waals surface area contributed by atoms with Gasteiger partial charge in [-0.25, -0.2) is 0 Å². The zero-order chi connectivity index (χ0) is 16.1. The third-order valence-electron chi connectivity index (χ3n) is 3.58. The van der Waals surface area contributed by atoms with Crippen molar-refractivity contribution in [3.8, 4) is 17.6 Å². The Bertz CT molecular complexity index is 644. The van der Waals surface area contributed by atoms with Gasteiger partial charge in [-0.1, -0.05) is 0 Å². The van der Waals surface area contributed by atoms with Crippen LogP contribution in [0, 0.1) is 14.9 Å². The highest BCUT2D eigenvalue weighted by Crippen LogP contribution is 2.33. The number of benzene rings is 1. The first-order chi connectivity index (χ1) is 10.6. The summed E-state index contributed by atoms with van der Waals surface area (Å²) in [5.41, 5.74) is 0.756. The number of ether oxygens (including phenoxy) is 1. The molecule has 2 rings (SSSR count). The number of halogens is 1. The summed E-state index contributed by atoms with van der Waals surface area (Å²) in [5, 5.41) is 19.1. The summed E-state index contributed by atoms with van der Waals surface area (Å²) in [6, 6.07) is 5.30. The Morgan fingerprint density at radius 1 is 1.41 bits per heavy atom. The number of amides is 1. The van der Waals surface area contributed by atoms with Crippen LogP contribution in [0.3, 0.4) is 0 Å². The molecule has 0 bridgehead atoms. The van der Waals surface area contributed by atoms with Gasteiger partial charge in [0.15, 0.2) is 11.5 Å². The number of hydrogen-bond acceptors (Lipinski definition) is 4. The zero-order valence-corrected chi connectivity index (χ0v) is 14.5. The minimum absolute atomic E-state index is 0.0566. The minimum Gasteiger partial charge on any atom is -0.504 e. The average molecular weight is 412 g/mol. The number of nitriles is 1. The summed E-state index contributed by atoms with van der Waals surface area (Å²) in [7, 11) is 1.46. The van der Waals surface area contributed by atoms with Crippen LogP contribution in [-0.2, 0) is 4.79 Å². The third-order valence-corrected chi connectivity index (χ3v) is 4.40. The maximum atomic E-state index is 12.4. The van der Waals surface area contributed by atoms with Crippen LogP contribution in [0.25, 0.3) is 6.08 Å². The van der Waals surface area contributed by atoms with E-state index in [0.29, 0.717) is 28.0 Å². The number of methoxy groups -OCH3 is 1. The van der Waals surface area contributed by atoms with Gasteiger partial charge in [-0.15, -0.1) is 0 Å². The summed E-state index contributed by atoms with van der Waals surface area (Å²) >= 11 is 1.98. The van der Waals surface area contributed by atoms with Gasteiger partial charge in [-0.3, -0.25) is 4.79 Å². The largest absolute Gasteiger partial charge is 0.504 e. The van der Waals surface area contributed by atoms with Gasteiger partial charge < -0.3 is 14.7 Å². The molecule has 116 valence electrons. The van der Waals surface area contributed by atoms with Gasteiger partial charge in [0.25, 0.3) is 5.91 Å². The molecule has 5 nitrogen and oxygen atoms in total. The van der Waals surface area contributed by atoms with E-state index in [4.69, 9.17) is 4.74 Å². The van der Waals surface area contributed by atoms with Crippen LogP contribution in [0.1, 0.15) is 24.8 Å². The summed E-state index contributed by atoms with van der Waals surface area (Å²) in [6.07, 6.45) is 4.63. The van der Waals surface area contributed by atoms with E-state index in [1.807, 2.05) is 28.7 Å². The van der Waals surface area contributed by atoms with Gasteiger partial charge in [0.05, 0.1) is 10.7 Å². The Morgan fingerprint density at radius 2 is 2.09 bits per heavy atom. The first-order valence-corrected chi connectivity index (χ1v) is 8.12. The zero-order valence-electron chi connectivity index (χ0n) is 12.3. The van der Waals surface area contributed by atoms with Crippen molar-refractivity contribution >= 4 is 34.6 Å². The van der Waals surface area contributed by atoms with Crippen molar-refractivity contribution in [1.82, 2.24) is 4.90 Å². The fourth-order valence-electron chi connectivity index (χ4n) is 2.41. The molecule has 1 heterocycles. The number of hydrogen-bond donors (Lipinski definition) is 1. The molecular weight excluding hydrogens is 395 g/mol. The minimum atomic E-state index is -0.232. The summed E-state index contributed by atoms with van der Waals surface area (Å²) in [6.45, 7) is 1.41. The van der Waals surface area contributed by atoms with Gasteiger partial charge in [0, 0.05) is 13.1 Å². The van der Waals surface area contributed by atoms with E-state index in [-0.39, 0.29) is 17.2 Å². The molecule has 1 fully saturated rings. The third kappa shape index (κ3) is 3.71. The van der Waals surface area contributed by atoms with Gasteiger partial charge in [0.2, 0.25) is 0 Å². The van der Waals surface area contributed by atoms with E-state index in [1.165, 1.54) is 7.11 Å². The van der Waals surface area contributed by atoms with Crippen LogP contribution < -0.4 is 4.74 Å². The van der Waals surface area contributed by atoms with E-state index in [2.05, 4.69) is 0 Å². The first-order valence-electron chi connectivity index (χ1n) is 7.04. The second kappa shape index (κ2) is 7.49. The summed E-state index contributed by atoms with van der Waals surface area (Å²) < 4.78 is 5.70. The maximum Gasteiger partial charge on any atom is 0.264 e. The quantitative estimate of drug-likeness (QED) is 0.471. The van der Waals surface area contributed by atoms with Gasteiger partial charge in [-0.2, -0.15) is 5.26 Å². The van der Waals surface area contributed by atoms with Crippen LogP contribution in [0.4, 0.5) is 0 Å². The van der Waals surface area contributed by atoms with E-state index >= 15 is 0 Å². The molecule has 1 N–H and O–H groups in total. The number of rotatable bonds is 3. The predicted octanol–water partition coefficient (Wildman–Crippen LogP) is 2.92. The van der Waals surface area contributed by atoms with Crippen LogP contribution in [0.5, 0.6) is 11.5 Å². The number of phenols is 1. The van der Waals surface area contributed by atoms with Gasteiger partial charge in [0.1, 0.15) is 11.6 Å². The van der Waals surface area contributed by atoms with E-state index < -0.39 is 0 Å². The number of likely N-dealkylation sites (tertiary alicyclic amines) is 1. The molecule has 0 saturated carbocycles. The molecule has 0 unspecified atom stereocenters. The Kier molecular flexibility index (Phi) is 5.66. The van der Waals surface area contributed by atoms with Crippen LogP contribution in [0.2, 0.25) is 0 Å². The molecule has 0 aromatic heterocycles. The topological polar surface area (TPSA) is 73.6 Å². The van der Waals surface area contributed by atoms with Gasteiger partial charge in [-0.05, 0) is 65.6 Å². The Morgan fingerprint density at radius 3 is 2.68 bits per heavy atom. The van der Waals surface area contributed by atoms with E-state index in [1.54, 1.807) is 23.1 Å².